The van der Waals surface area contributed by atoms with E-state index < -0.39 is 18.4 Å². The fourth-order valence-electron chi connectivity index (χ4n) is 2.28. The molecule has 2 rings (SSSR count). The molecule has 0 amide bonds. The molecule has 0 aliphatic carbocycles. The molecule has 0 aromatic rings. The molecule has 2 saturated heterocycles. The van der Waals surface area contributed by atoms with Crippen LogP contribution in [0.1, 0.15) is 19.3 Å². The van der Waals surface area contributed by atoms with Crippen molar-refractivity contribution >= 4 is 12.4 Å². The third kappa shape index (κ3) is 1.69. The maximum Gasteiger partial charge on any atom is 0.136 e. The second kappa shape index (κ2) is 4.11. The SMILES string of the molecule is Cl.OC1C(O)C2CCCCN2C1O. The smallest absolute Gasteiger partial charge is 0.136 e. The summed E-state index contributed by atoms with van der Waals surface area (Å²) in [7, 11) is 0. The van der Waals surface area contributed by atoms with Crippen molar-refractivity contribution in [2.24, 2.45) is 0 Å². The van der Waals surface area contributed by atoms with Crippen LogP contribution in [0.15, 0.2) is 0 Å². The zero-order chi connectivity index (χ0) is 8.72. The number of halogens is 1. The molecule has 4 nitrogen and oxygen atoms in total. The van der Waals surface area contributed by atoms with Crippen molar-refractivity contribution in [1.29, 1.82) is 0 Å². The van der Waals surface area contributed by atoms with Gasteiger partial charge in [0.1, 0.15) is 12.3 Å². The Bertz CT molecular complexity index is 163. The molecule has 0 aromatic carbocycles. The standard InChI is InChI=1S/C8H15NO3.ClH/c10-6-5-3-1-2-4-9(5)8(12)7(6)11;/h5-8,10-12H,1-4H2;1H. The highest BCUT2D eigenvalue weighted by Crippen LogP contribution is 2.30. The van der Waals surface area contributed by atoms with Crippen molar-refractivity contribution in [2.75, 3.05) is 6.54 Å². The van der Waals surface area contributed by atoms with Crippen LogP contribution >= 0.6 is 12.4 Å². The Balaban J connectivity index is 0.000000845. The van der Waals surface area contributed by atoms with Crippen molar-refractivity contribution < 1.29 is 15.3 Å². The quantitative estimate of drug-likeness (QED) is 0.495. The number of rotatable bonds is 0. The van der Waals surface area contributed by atoms with E-state index in [2.05, 4.69) is 0 Å². The molecule has 4 unspecified atom stereocenters. The van der Waals surface area contributed by atoms with E-state index in [9.17, 15) is 15.3 Å². The van der Waals surface area contributed by atoms with E-state index in [1.54, 1.807) is 4.90 Å². The first-order chi connectivity index (χ1) is 5.72. The third-order valence-corrected chi connectivity index (χ3v) is 2.98. The highest BCUT2D eigenvalue weighted by molar-refractivity contribution is 5.85. The van der Waals surface area contributed by atoms with Crippen LogP contribution in [0.2, 0.25) is 0 Å². The molecule has 0 saturated carbocycles. The summed E-state index contributed by atoms with van der Waals surface area (Å²) in [4.78, 5) is 1.80. The second-order valence-corrected chi connectivity index (χ2v) is 3.70. The van der Waals surface area contributed by atoms with Crippen LogP contribution in [0.25, 0.3) is 0 Å². The third-order valence-electron chi connectivity index (χ3n) is 2.98. The van der Waals surface area contributed by atoms with Crippen LogP contribution in [0.3, 0.4) is 0 Å². The van der Waals surface area contributed by atoms with Crippen LogP contribution in [0, 0.1) is 0 Å². The van der Waals surface area contributed by atoms with Gasteiger partial charge in [0.15, 0.2) is 0 Å². The van der Waals surface area contributed by atoms with Gasteiger partial charge in [0.2, 0.25) is 0 Å². The minimum Gasteiger partial charge on any atom is -0.389 e. The summed E-state index contributed by atoms with van der Waals surface area (Å²) in [5.74, 6) is 0. The van der Waals surface area contributed by atoms with Gasteiger partial charge in [-0.3, -0.25) is 4.90 Å². The zero-order valence-electron chi connectivity index (χ0n) is 7.33. The molecule has 2 heterocycles. The monoisotopic (exact) mass is 209 g/mol. The van der Waals surface area contributed by atoms with Gasteiger partial charge in [0.05, 0.1) is 6.10 Å². The molecule has 2 fully saturated rings. The predicted octanol–water partition coefficient (Wildman–Crippen LogP) is -0.683. The van der Waals surface area contributed by atoms with Gasteiger partial charge >= 0.3 is 0 Å². The summed E-state index contributed by atoms with van der Waals surface area (Å²) in [5.41, 5.74) is 0. The molecule has 78 valence electrons. The number of fused-ring (bicyclic) bond motifs is 1. The first-order valence-corrected chi connectivity index (χ1v) is 4.52. The Morgan fingerprint density at radius 1 is 1.00 bits per heavy atom. The largest absolute Gasteiger partial charge is 0.389 e. The van der Waals surface area contributed by atoms with Crippen LogP contribution in [0.5, 0.6) is 0 Å². The van der Waals surface area contributed by atoms with E-state index in [4.69, 9.17) is 0 Å². The summed E-state index contributed by atoms with van der Waals surface area (Å²) in [6.07, 6.45) is 0.415. The molecule has 0 radical (unpaired) electrons. The molecule has 0 aromatic heterocycles. The van der Waals surface area contributed by atoms with E-state index in [0.29, 0.717) is 0 Å². The predicted molar refractivity (Wildman–Crippen MR) is 49.6 cm³/mol. The van der Waals surface area contributed by atoms with Gasteiger partial charge in [-0.15, -0.1) is 12.4 Å². The molecule has 2 aliphatic heterocycles. The molecule has 13 heavy (non-hydrogen) atoms. The normalized spacial score (nSPS) is 45.5. The molecule has 0 spiro atoms. The Hall–Kier alpha value is 0.130. The first kappa shape index (κ1) is 11.2. The lowest BCUT2D eigenvalue weighted by atomic mass is 10.0. The maximum atomic E-state index is 9.51. The lowest BCUT2D eigenvalue weighted by Crippen LogP contribution is -2.42. The van der Waals surface area contributed by atoms with Crippen LogP contribution in [-0.4, -0.2) is 51.2 Å². The van der Waals surface area contributed by atoms with E-state index in [0.717, 1.165) is 25.8 Å². The number of aliphatic hydroxyl groups excluding tert-OH is 3. The van der Waals surface area contributed by atoms with Gasteiger partial charge in [-0.25, -0.2) is 0 Å². The Morgan fingerprint density at radius 3 is 2.31 bits per heavy atom. The number of hydrogen-bond acceptors (Lipinski definition) is 4. The van der Waals surface area contributed by atoms with Crippen LogP contribution < -0.4 is 0 Å². The molecular weight excluding hydrogens is 194 g/mol. The highest BCUT2D eigenvalue weighted by Gasteiger charge is 2.47. The number of aliphatic hydroxyl groups is 3. The Labute approximate surface area is 83.6 Å². The van der Waals surface area contributed by atoms with Gasteiger partial charge < -0.3 is 15.3 Å². The fraction of sp³-hybridized carbons (Fsp3) is 1.00. The van der Waals surface area contributed by atoms with E-state index in [1.807, 2.05) is 0 Å². The highest BCUT2D eigenvalue weighted by atomic mass is 35.5. The summed E-state index contributed by atoms with van der Waals surface area (Å²) in [6.45, 7) is 0.792. The van der Waals surface area contributed by atoms with Crippen molar-refractivity contribution in [3.63, 3.8) is 0 Å². The molecule has 3 N–H and O–H groups in total. The van der Waals surface area contributed by atoms with Crippen molar-refractivity contribution in [3.8, 4) is 0 Å². The average Bonchev–Trinajstić information content (AvgIpc) is 2.33. The summed E-state index contributed by atoms with van der Waals surface area (Å²) < 4.78 is 0. The summed E-state index contributed by atoms with van der Waals surface area (Å²) in [6, 6.07) is -0.0243. The topological polar surface area (TPSA) is 63.9 Å². The fourth-order valence-corrected chi connectivity index (χ4v) is 2.28. The summed E-state index contributed by atoms with van der Waals surface area (Å²) in [5, 5.41) is 28.3. The number of nitrogens with zero attached hydrogens (tertiary/aromatic N) is 1. The number of piperidine rings is 1. The van der Waals surface area contributed by atoms with E-state index in [-0.39, 0.29) is 18.4 Å². The summed E-state index contributed by atoms with van der Waals surface area (Å²) >= 11 is 0. The lowest BCUT2D eigenvalue weighted by molar-refractivity contribution is -0.0581. The van der Waals surface area contributed by atoms with Crippen molar-refractivity contribution in [2.45, 2.75) is 43.7 Å². The zero-order valence-corrected chi connectivity index (χ0v) is 8.15. The maximum absolute atomic E-state index is 9.51. The van der Waals surface area contributed by atoms with Crippen LogP contribution in [-0.2, 0) is 0 Å². The minimum atomic E-state index is -0.979. The van der Waals surface area contributed by atoms with Crippen molar-refractivity contribution in [3.05, 3.63) is 0 Å². The van der Waals surface area contributed by atoms with Gasteiger partial charge in [0, 0.05) is 12.6 Å². The van der Waals surface area contributed by atoms with Crippen LogP contribution in [0.4, 0.5) is 0 Å². The minimum absolute atomic E-state index is 0. The first-order valence-electron chi connectivity index (χ1n) is 4.52. The van der Waals surface area contributed by atoms with Crippen molar-refractivity contribution in [1.82, 2.24) is 4.90 Å². The van der Waals surface area contributed by atoms with Gasteiger partial charge in [-0.05, 0) is 12.8 Å². The lowest BCUT2D eigenvalue weighted by Gasteiger charge is -2.31. The van der Waals surface area contributed by atoms with E-state index in [1.165, 1.54) is 0 Å². The van der Waals surface area contributed by atoms with Gasteiger partial charge in [0.25, 0.3) is 0 Å². The molecular formula is C8H16ClNO3. The average molecular weight is 210 g/mol. The molecule has 0 bridgehead atoms. The van der Waals surface area contributed by atoms with E-state index >= 15 is 0 Å². The van der Waals surface area contributed by atoms with Gasteiger partial charge in [-0.2, -0.15) is 0 Å². The molecule has 5 heteroatoms. The molecule has 4 atom stereocenters. The Kier molecular flexibility index (Phi) is 3.54. The molecule has 2 aliphatic rings. The Morgan fingerprint density at radius 2 is 1.69 bits per heavy atom. The number of hydrogen-bond donors (Lipinski definition) is 3. The van der Waals surface area contributed by atoms with Gasteiger partial charge in [-0.1, -0.05) is 6.42 Å². The second-order valence-electron chi connectivity index (χ2n) is 3.70.